The van der Waals surface area contributed by atoms with Gasteiger partial charge in [0.25, 0.3) is 0 Å². The maximum absolute atomic E-state index is 13.9. The van der Waals surface area contributed by atoms with E-state index in [-0.39, 0.29) is 22.4 Å². The van der Waals surface area contributed by atoms with Crippen LogP contribution in [0.5, 0.6) is 0 Å². The van der Waals surface area contributed by atoms with Gasteiger partial charge in [0.05, 0.1) is 4.90 Å². The van der Waals surface area contributed by atoms with Crippen LogP contribution in [-0.2, 0) is 16.6 Å². The Balaban J connectivity index is 2.39. The van der Waals surface area contributed by atoms with Crippen LogP contribution in [0, 0.1) is 18.2 Å². The van der Waals surface area contributed by atoms with Gasteiger partial charge in [0.1, 0.15) is 5.82 Å². The van der Waals surface area contributed by atoms with Gasteiger partial charge in [-0.05, 0) is 42.9 Å². The number of halogens is 1. The summed E-state index contributed by atoms with van der Waals surface area (Å²) >= 11 is 0. The highest BCUT2D eigenvalue weighted by Crippen LogP contribution is 2.33. The second-order valence-electron chi connectivity index (χ2n) is 6.47. The first kappa shape index (κ1) is 16.4. The summed E-state index contributed by atoms with van der Waals surface area (Å²) in [6.45, 7) is 6.84. The summed E-state index contributed by atoms with van der Waals surface area (Å²) in [4.78, 5) is 0.0441. The summed E-state index contributed by atoms with van der Waals surface area (Å²) in [5, 5.41) is 0. The molecule has 6 heteroatoms. The van der Waals surface area contributed by atoms with Gasteiger partial charge in [0.15, 0.2) is 0 Å². The molecule has 1 saturated heterocycles. The zero-order valence-electron chi connectivity index (χ0n) is 12.8. The van der Waals surface area contributed by atoms with Crippen molar-refractivity contribution in [3.63, 3.8) is 0 Å². The van der Waals surface area contributed by atoms with Gasteiger partial charge in [-0.15, -0.1) is 0 Å². The Morgan fingerprint density at radius 3 is 2.38 bits per heavy atom. The zero-order chi connectivity index (χ0) is 15.8. The van der Waals surface area contributed by atoms with E-state index in [4.69, 9.17) is 5.73 Å². The third-order valence-corrected chi connectivity index (χ3v) is 6.31. The van der Waals surface area contributed by atoms with E-state index in [0.29, 0.717) is 18.7 Å². The average Bonchev–Trinajstić information content (AvgIpc) is 2.41. The van der Waals surface area contributed by atoms with E-state index in [2.05, 4.69) is 13.8 Å². The second-order valence-corrected chi connectivity index (χ2v) is 8.38. The quantitative estimate of drug-likeness (QED) is 0.932. The fourth-order valence-corrected chi connectivity index (χ4v) is 4.29. The van der Waals surface area contributed by atoms with Crippen molar-refractivity contribution < 1.29 is 12.8 Å². The molecular weight excluding hydrogens is 291 g/mol. The summed E-state index contributed by atoms with van der Waals surface area (Å²) < 4.78 is 40.9. The van der Waals surface area contributed by atoms with Gasteiger partial charge in [-0.25, -0.2) is 12.8 Å². The van der Waals surface area contributed by atoms with Crippen LogP contribution in [0.4, 0.5) is 4.39 Å². The second kappa shape index (κ2) is 5.66. The SMILES string of the molecule is Cc1c(F)cc(CN)cc1S(=O)(=O)N1CCC(C)(C)CC1. The number of hydrogen-bond donors (Lipinski definition) is 1. The predicted octanol–water partition coefficient (Wildman–Crippen LogP) is 2.40. The van der Waals surface area contributed by atoms with Crippen LogP contribution in [0.15, 0.2) is 17.0 Å². The molecule has 0 atom stereocenters. The van der Waals surface area contributed by atoms with E-state index in [9.17, 15) is 12.8 Å². The highest BCUT2D eigenvalue weighted by Gasteiger charge is 2.34. The molecule has 1 aliphatic heterocycles. The van der Waals surface area contributed by atoms with Crippen LogP contribution in [0.2, 0.25) is 0 Å². The van der Waals surface area contributed by atoms with Gasteiger partial charge in [0, 0.05) is 25.2 Å². The smallest absolute Gasteiger partial charge is 0.243 e. The molecule has 0 saturated carbocycles. The largest absolute Gasteiger partial charge is 0.326 e. The molecule has 1 aromatic rings. The molecular formula is C15H23FN2O2S. The molecule has 0 unspecified atom stereocenters. The highest BCUT2D eigenvalue weighted by atomic mass is 32.2. The summed E-state index contributed by atoms with van der Waals surface area (Å²) in [5.41, 5.74) is 6.34. The molecule has 4 nitrogen and oxygen atoms in total. The molecule has 0 radical (unpaired) electrons. The Kier molecular flexibility index (Phi) is 4.42. The van der Waals surface area contributed by atoms with Crippen molar-refractivity contribution in [1.82, 2.24) is 4.31 Å². The Morgan fingerprint density at radius 1 is 1.29 bits per heavy atom. The minimum absolute atomic E-state index is 0.0441. The van der Waals surface area contributed by atoms with Crippen molar-refractivity contribution in [2.75, 3.05) is 13.1 Å². The van der Waals surface area contributed by atoms with E-state index in [1.807, 2.05) is 0 Å². The summed E-state index contributed by atoms with van der Waals surface area (Å²) in [6, 6.07) is 2.79. The first-order chi connectivity index (χ1) is 9.67. The third kappa shape index (κ3) is 3.27. The Hall–Kier alpha value is -0.980. The van der Waals surface area contributed by atoms with Crippen LogP contribution >= 0.6 is 0 Å². The molecule has 2 N–H and O–H groups in total. The van der Waals surface area contributed by atoms with Crippen LogP contribution in [-0.4, -0.2) is 25.8 Å². The number of nitrogens with zero attached hydrogens (tertiary/aromatic N) is 1. The maximum atomic E-state index is 13.9. The molecule has 1 aromatic carbocycles. The Labute approximate surface area is 126 Å². The van der Waals surface area contributed by atoms with Crippen LogP contribution < -0.4 is 5.73 Å². The molecule has 1 fully saturated rings. The molecule has 1 aliphatic rings. The molecule has 0 bridgehead atoms. The van der Waals surface area contributed by atoms with E-state index >= 15 is 0 Å². The first-order valence-electron chi connectivity index (χ1n) is 7.17. The number of sulfonamides is 1. The zero-order valence-corrected chi connectivity index (χ0v) is 13.6. The normalized spacial score (nSPS) is 19.7. The number of piperidine rings is 1. The van der Waals surface area contributed by atoms with Crippen molar-refractivity contribution in [2.24, 2.45) is 11.1 Å². The lowest BCUT2D eigenvalue weighted by Gasteiger charge is -2.36. The molecule has 2 rings (SSSR count). The minimum atomic E-state index is -3.66. The summed E-state index contributed by atoms with van der Waals surface area (Å²) in [5.74, 6) is -0.520. The van der Waals surface area contributed by atoms with Crippen LogP contribution in [0.3, 0.4) is 0 Å². The van der Waals surface area contributed by atoms with Gasteiger partial charge >= 0.3 is 0 Å². The van der Waals surface area contributed by atoms with Crippen molar-refractivity contribution in [1.29, 1.82) is 0 Å². The molecule has 0 amide bonds. The van der Waals surface area contributed by atoms with Gasteiger partial charge in [-0.2, -0.15) is 4.31 Å². The minimum Gasteiger partial charge on any atom is -0.326 e. The molecule has 1 heterocycles. The van der Waals surface area contributed by atoms with E-state index in [0.717, 1.165) is 12.8 Å². The maximum Gasteiger partial charge on any atom is 0.243 e. The van der Waals surface area contributed by atoms with Crippen molar-refractivity contribution in [3.8, 4) is 0 Å². The van der Waals surface area contributed by atoms with Crippen LogP contribution in [0.1, 0.15) is 37.8 Å². The lowest BCUT2D eigenvalue weighted by molar-refractivity contribution is 0.195. The monoisotopic (exact) mass is 314 g/mol. The van der Waals surface area contributed by atoms with Crippen molar-refractivity contribution >= 4 is 10.0 Å². The summed E-state index contributed by atoms with van der Waals surface area (Å²) in [7, 11) is -3.66. The van der Waals surface area contributed by atoms with Crippen molar-refractivity contribution in [3.05, 3.63) is 29.1 Å². The van der Waals surface area contributed by atoms with Gasteiger partial charge in [-0.3, -0.25) is 0 Å². The number of nitrogens with two attached hydrogens (primary N) is 1. The lowest BCUT2D eigenvalue weighted by Crippen LogP contribution is -2.41. The molecule has 21 heavy (non-hydrogen) atoms. The Morgan fingerprint density at radius 2 is 1.86 bits per heavy atom. The molecule has 118 valence electrons. The fraction of sp³-hybridized carbons (Fsp3) is 0.600. The standard InChI is InChI=1S/C15H23FN2O2S/c1-11-13(16)8-12(10-17)9-14(11)21(19,20)18-6-4-15(2,3)5-7-18/h8-9H,4-7,10,17H2,1-3H3. The Bertz CT molecular complexity index is 631. The van der Waals surface area contributed by atoms with Crippen LogP contribution in [0.25, 0.3) is 0 Å². The average molecular weight is 314 g/mol. The number of rotatable bonds is 3. The predicted molar refractivity (Wildman–Crippen MR) is 80.8 cm³/mol. The third-order valence-electron chi connectivity index (χ3n) is 4.29. The van der Waals surface area contributed by atoms with Gasteiger partial charge in [-0.1, -0.05) is 13.8 Å². The molecule has 0 aromatic heterocycles. The summed E-state index contributed by atoms with van der Waals surface area (Å²) in [6.07, 6.45) is 1.62. The van der Waals surface area contributed by atoms with Gasteiger partial charge in [0.2, 0.25) is 10.0 Å². The first-order valence-corrected chi connectivity index (χ1v) is 8.61. The fourth-order valence-electron chi connectivity index (χ4n) is 2.56. The molecule has 0 spiro atoms. The van der Waals surface area contributed by atoms with Gasteiger partial charge < -0.3 is 5.73 Å². The van der Waals surface area contributed by atoms with E-state index in [1.54, 1.807) is 0 Å². The molecule has 0 aliphatic carbocycles. The number of benzene rings is 1. The lowest BCUT2D eigenvalue weighted by atomic mass is 9.83. The highest BCUT2D eigenvalue weighted by molar-refractivity contribution is 7.89. The topological polar surface area (TPSA) is 63.4 Å². The number of hydrogen-bond acceptors (Lipinski definition) is 3. The van der Waals surface area contributed by atoms with Crippen molar-refractivity contribution in [2.45, 2.75) is 45.1 Å². The van der Waals surface area contributed by atoms with E-state index < -0.39 is 15.8 Å². The van der Waals surface area contributed by atoms with E-state index in [1.165, 1.54) is 23.4 Å².